The number of hydrogen-bond donors (Lipinski definition) is 1. The third kappa shape index (κ3) is 3.67. The molecule has 0 saturated carbocycles. The van der Waals surface area contributed by atoms with Crippen molar-refractivity contribution in [2.24, 2.45) is 0 Å². The Morgan fingerprint density at radius 3 is 2.63 bits per heavy atom. The largest absolute Gasteiger partial charge is 0.325 e. The SMILES string of the molecule is N#Cc1cc(Br)ccc1NC(=O)Cc1ccccc1. The van der Waals surface area contributed by atoms with Crippen molar-refractivity contribution in [3.63, 3.8) is 0 Å². The van der Waals surface area contributed by atoms with Gasteiger partial charge in [-0.3, -0.25) is 4.79 Å². The standard InChI is InChI=1S/C15H11BrN2O/c16-13-6-7-14(12(9-13)10-17)18-15(19)8-11-4-2-1-3-5-11/h1-7,9H,8H2,(H,18,19). The zero-order valence-electron chi connectivity index (χ0n) is 10.1. The molecule has 0 unspecified atom stereocenters. The van der Waals surface area contributed by atoms with Crippen LogP contribution in [0, 0.1) is 11.3 Å². The molecule has 0 aliphatic rings. The Balaban J connectivity index is 2.10. The summed E-state index contributed by atoms with van der Waals surface area (Å²) in [5.74, 6) is -0.134. The van der Waals surface area contributed by atoms with Crippen LogP contribution in [0.15, 0.2) is 53.0 Å². The third-order valence-corrected chi connectivity index (χ3v) is 3.08. The molecule has 1 amide bonds. The van der Waals surface area contributed by atoms with Crippen LogP contribution in [-0.4, -0.2) is 5.91 Å². The summed E-state index contributed by atoms with van der Waals surface area (Å²) in [7, 11) is 0. The zero-order valence-corrected chi connectivity index (χ0v) is 11.6. The molecule has 1 N–H and O–H groups in total. The molecule has 0 atom stereocenters. The summed E-state index contributed by atoms with van der Waals surface area (Å²) in [5, 5.41) is 11.8. The zero-order chi connectivity index (χ0) is 13.7. The van der Waals surface area contributed by atoms with Crippen LogP contribution >= 0.6 is 15.9 Å². The highest BCUT2D eigenvalue weighted by atomic mass is 79.9. The molecule has 0 fully saturated rings. The average molecular weight is 315 g/mol. The summed E-state index contributed by atoms with van der Waals surface area (Å²) in [6, 6.07) is 16.7. The molecule has 0 radical (unpaired) electrons. The number of amides is 1. The smallest absolute Gasteiger partial charge is 0.228 e. The van der Waals surface area contributed by atoms with E-state index in [0.717, 1.165) is 10.0 Å². The first kappa shape index (κ1) is 13.3. The van der Waals surface area contributed by atoms with Gasteiger partial charge in [0.05, 0.1) is 17.7 Å². The summed E-state index contributed by atoms with van der Waals surface area (Å²) in [5.41, 5.74) is 1.91. The van der Waals surface area contributed by atoms with Gasteiger partial charge >= 0.3 is 0 Å². The molecule has 19 heavy (non-hydrogen) atoms. The maximum Gasteiger partial charge on any atom is 0.228 e. The quantitative estimate of drug-likeness (QED) is 0.942. The number of anilines is 1. The number of nitrogens with one attached hydrogen (secondary N) is 1. The molecule has 2 aromatic carbocycles. The van der Waals surface area contributed by atoms with E-state index in [0.29, 0.717) is 17.7 Å². The monoisotopic (exact) mass is 314 g/mol. The molecular weight excluding hydrogens is 304 g/mol. The first-order valence-electron chi connectivity index (χ1n) is 5.72. The van der Waals surface area contributed by atoms with E-state index in [1.54, 1.807) is 18.2 Å². The van der Waals surface area contributed by atoms with Gasteiger partial charge in [0.2, 0.25) is 5.91 Å². The Morgan fingerprint density at radius 2 is 1.95 bits per heavy atom. The maximum atomic E-state index is 11.9. The molecule has 3 nitrogen and oxygen atoms in total. The highest BCUT2D eigenvalue weighted by Gasteiger charge is 2.07. The van der Waals surface area contributed by atoms with Gasteiger partial charge in [-0.15, -0.1) is 0 Å². The van der Waals surface area contributed by atoms with E-state index >= 15 is 0 Å². The number of carbonyl (C=O) groups excluding carboxylic acids is 1. The van der Waals surface area contributed by atoms with Gasteiger partial charge in [0.25, 0.3) is 0 Å². The summed E-state index contributed by atoms with van der Waals surface area (Å²) in [6.07, 6.45) is 0.293. The minimum atomic E-state index is -0.134. The van der Waals surface area contributed by atoms with Gasteiger partial charge in [-0.2, -0.15) is 5.26 Å². The van der Waals surface area contributed by atoms with Crippen LogP contribution in [0.25, 0.3) is 0 Å². The molecule has 0 aliphatic carbocycles. The van der Waals surface area contributed by atoms with Crippen LogP contribution in [0.2, 0.25) is 0 Å². The Morgan fingerprint density at radius 1 is 1.21 bits per heavy atom. The summed E-state index contributed by atoms with van der Waals surface area (Å²) in [4.78, 5) is 11.9. The second kappa shape index (κ2) is 6.17. The van der Waals surface area contributed by atoms with E-state index < -0.39 is 0 Å². The van der Waals surface area contributed by atoms with Gasteiger partial charge in [-0.25, -0.2) is 0 Å². The fourth-order valence-electron chi connectivity index (χ4n) is 1.69. The Labute approximate surface area is 120 Å². The highest BCUT2D eigenvalue weighted by Crippen LogP contribution is 2.20. The van der Waals surface area contributed by atoms with Gasteiger partial charge in [0.15, 0.2) is 0 Å². The fourth-order valence-corrected chi connectivity index (χ4v) is 2.05. The molecule has 2 rings (SSSR count). The maximum absolute atomic E-state index is 11.9. The predicted octanol–water partition coefficient (Wildman–Crippen LogP) is 3.50. The molecule has 94 valence electrons. The van der Waals surface area contributed by atoms with Gasteiger partial charge in [0, 0.05) is 4.47 Å². The van der Waals surface area contributed by atoms with Crippen molar-refractivity contribution in [2.45, 2.75) is 6.42 Å². The Bertz CT molecular complexity index is 632. The highest BCUT2D eigenvalue weighted by molar-refractivity contribution is 9.10. The third-order valence-electron chi connectivity index (χ3n) is 2.58. The van der Waals surface area contributed by atoms with Crippen molar-refractivity contribution in [1.82, 2.24) is 0 Å². The van der Waals surface area contributed by atoms with Crippen LogP contribution in [0.4, 0.5) is 5.69 Å². The van der Waals surface area contributed by atoms with Crippen LogP contribution < -0.4 is 5.32 Å². The van der Waals surface area contributed by atoms with E-state index in [-0.39, 0.29) is 5.91 Å². The van der Waals surface area contributed by atoms with Gasteiger partial charge in [-0.1, -0.05) is 46.3 Å². The Kier molecular flexibility index (Phi) is 4.32. The van der Waals surface area contributed by atoms with Crippen molar-refractivity contribution in [3.05, 3.63) is 64.1 Å². The number of nitrogens with zero attached hydrogens (tertiary/aromatic N) is 1. The molecule has 0 aromatic heterocycles. The lowest BCUT2D eigenvalue weighted by Crippen LogP contribution is -2.15. The Hall–Kier alpha value is -2.12. The lowest BCUT2D eigenvalue weighted by Gasteiger charge is -2.07. The van der Waals surface area contributed by atoms with Crippen LogP contribution in [0.1, 0.15) is 11.1 Å². The van der Waals surface area contributed by atoms with E-state index in [9.17, 15) is 4.79 Å². The number of hydrogen-bond acceptors (Lipinski definition) is 2. The average Bonchev–Trinajstić information content (AvgIpc) is 2.42. The summed E-state index contributed by atoms with van der Waals surface area (Å²) in [6.45, 7) is 0. The second-order valence-electron chi connectivity index (χ2n) is 4.01. The van der Waals surface area contributed by atoms with Crippen LogP contribution in [0.3, 0.4) is 0 Å². The molecule has 0 bridgehead atoms. The van der Waals surface area contributed by atoms with Gasteiger partial charge in [-0.05, 0) is 23.8 Å². The number of nitriles is 1. The van der Waals surface area contributed by atoms with E-state index in [1.165, 1.54) is 0 Å². The lowest BCUT2D eigenvalue weighted by molar-refractivity contribution is -0.115. The predicted molar refractivity (Wildman–Crippen MR) is 77.6 cm³/mol. The normalized spacial score (nSPS) is 9.68. The number of benzene rings is 2. The molecule has 0 saturated heterocycles. The molecule has 0 spiro atoms. The van der Waals surface area contributed by atoms with Crippen LogP contribution in [-0.2, 0) is 11.2 Å². The number of rotatable bonds is 3. The topological polar surface area (TPSA) is 52.9 Å². The molecule has 0 heterocycles. The van der Waals surface area contributed by atoms with Crippen molar-refractivity contribution < 1.29 is 4.79 Å². The van der Waals surface area contributed by atoms with Gasteiger partial charge < -0.3 is 5.32 Å². The summed E-state index contributed by atoms with van der Waals surface area (Å²) < 4.78 is 0.810. The molecule has 4 heteroatoms. The first-order valence-corrected chi connectivity index (χ1v) is 6.52. The molecule has 0 aliphatic heterocycles. The molecular formula is C15H11BrN2O. The summed E-state index contributed by atoms with van der Waals surface area (Å²) >= 11 is 3.29. The van der Waals surface area contributed by atoms with Crippen LogP contribution in [0.5, 0.6) is 0 Å². The van der Waals surface area contributed by atoms with Gasteiger partial charge in [0.1, 0.15) is 6.07 Å². The van der Waals surface area contributed by atoms with Crippen molar-refractivity contribution in [1.29, 1.82) is 5.26 Å². The van der Waals surface area contributed by atoms with Crippen molar-refractivity contribution in [2.75, 3.05) is 5.32 Å². The molecule has 2 aromatic rings. The van der Waals surface area contributed by atoms with E-state index in [1.807, 2.05) is 30.3 Å². The van der Waals surface area contributed by atoms with E-state index in [4.69, 9.17) is 5.26 Å². The lowest BCUT2D eigenvalue weighted by atomic mass is 10.1. The second-order valence-corrected chi connectivity index (χ2v) is 4.93. The fraction of sp³-hybridized carbons (Fsp3) is 0.0667. The van der Waals surface area contributed by atoms with Crippen molar-refractivity contribution in [3.8, 4) is 6.07 Å². The minimum Gasteiger partial charge on any atom is -0.325 e. The minimum absolute atomic E-state index is 0.134. The number of halogens is 1. The first-order chi connectivity index (χ1) is 9.19. The van der Waals surface area contributed by atoms with Crippen molar-refractivity contribution >= 4 is 27.5 Å². The number of carbonyl (C=O) groups is 1. The van der Waals surface area contributed by atoms with E-state index in [2.05, 4.69) is 27.3 Å².